The van der Waals surface area contributed by atoms with Gasteiger partial charge in [0.2, 0.25) is 11.8 Å². The van der Waals surface area contributed by atoms with Crippen molar-refractivity contribution in [3.05, 3.63) is 29.6 Å². The highest BCUT2D eigenvalue weighted by atomic mass is 19.1. The largest absolute Gasteiger partial charge is 0.480 e. The van der Waals surface area contributed by atoms with E-state index in [1.165, 1.54) is 12.1 Å². The van der Waals surface area contributed by atoms with Crippen molar-refractivity contribution in [1.82, 2.24) is 5.32 Å². The van der Waals surface area contributed by atoms with Crippen LogP contribution < -0.4 is 10.6 Å². The maximum Gasteiger partial charge on any atom is 0.326 e. The number of rotatable bonds is 5. The average Bonchev–Trinajstić information content (AvgIpc) is 2.49. The highest BCUT2D eigenvalue weighted by Gasteiger charge is 2.34. The van der Waals surface area contributed by atoms with Crippen molar-refractivity contribution in [2.24, 2.45) is 5.92 Å². The van der Waals surface area contributed by atoms with Gasteiger partial charge in [0.25, 0.3) is 0 Å². The molecule has 0 aromatic heterocycles. The van der Waals surface area contributed by atoms with Gasteiger partial charge in [-0.25, -0.2) is 9.18 Å². The Balaban J connectivity index is 2.26. The van der Waals surface area contributed by atoms with Gasteiger partial charge in [-0.15, -0.1) is 0 Å². The molecular weight excluding hydrogens is 303 g/mol. The Morgan fingerprint density at radius 3 is 2.78 bits per heavy atom. The molecule has 1 heterocycles. The molecule has 7 heteroatoms. The Labute approximate surface area is 133 Å². The van der Waals surface area contributed by atoms with Crippen LogP contribution in [0.1, 0.15) is 38.2 Å². The van der Waals surface area contributed by atoms with Crippen LogP contribution in [-0.4, -0.2) is 28.9 Å². The molecule has 2 rings (SSSR count). The zero-order chi connectivity index (χ0) is 17.1. The molecule has 3 atom stereocenters. The number of carboxylic acid groups (broad SMARTS) is 1. The molecule has 1 aromatic rings. The Kier molecular flexibility index (Phi) is 4.98. The Morgan fingerprint density at radius 1 is 1.48 bits per heavy atom. The quantitative estimate of drug-likeness (QED) is 0.771. The number of hydrogen-bond donors (Lipinski definition) is 3. The van der Waals surface area contributed by atoms with Gasteiger partial charge in [0.1, 0.15) is 11.9 Å². The molecule has 1 aromatic carbocycles. The molecule has 1 aliphatic rings. The normalized spacial score (nSPS) is 19.3. The third kappa shape index (κ3) is 3.67. The van der Waals surface area contributed by atoms with Crippen molar-refractivity contribution in [1.29, 1.82) is 0 Å². The topological polar surface area (TPSA) is 95.5 Å². The lowest BCUT2D eigenvalue weighted by Crippen LogP contribution is -2.47. The SMILES string of the molecule is CC[C@H](C)[C@H](NC(=O)C1CC(=O)Nc2cc(F)ccc21)C(=O)O. The summed E-state index contributed by atoms with van der Waals surface area (Å²) in [6.45, 7) is 3.56. The van der Waals surface area contributed by atoms with E-state index >= 15 is 0 Å². The highest BCUT2D eigenvalue weighted by molar-refractivity contribution is 6.01. The van der Waals surface area contributed by atoms with Crippen LogP contribution in [0.25, 0.3) is 0 Å². The maximum absolute atomic E-state index is 13.3. The lowest BCUT2D eigenvalue weighted by Gasteiger charge is -2.27. The van der Waals surface area contributed by atoms with E-state index in [1.807, 2.05) is 6.92 Å². The summed E-state index contributed by atoms with van der Waals surface area (Å²) >= 11 is 0. The van der Waals surface area contributed by atoms with E-state index in [2.05, 4.69) is 10.6 Å². The molecule has 0 spiro atoms. The molecule has 124 valence electrons. The second-order valence-electron chi connectivity index (χ2n) is 5.75. The summed E-state index contributed by atoms with van der Waals surface area (Å²) in [7, 11) is 0. The van der Waals surface area contributed by atoms with Gasteiger partial charge in [0.15, 0.2) is 0 Å². The fourth-order valence-corrected chi connectivity index (χ4v) is 2.61. The summed E-state index contributed by atoms with van der Waals surface area (Å²) < 4.78 is 13.3. The van der Waals surface area contributed by atoms with Gasteiger partial charge in [-0.05, 0) is 23.6 Å². The minimum Gasteiger partial charge on any atom is -0.480 e. The number of carbonyl (C=O) groups excluding carboxylic acids is 2. The van der Waals surface area contributed by atoms with Gasteiger partial charge in [0.05, 0.1) is 5.92 Å². The number of hydrogen-bond acceptors (Lipinski definition) is 3. The van der Waals surface area contributed by atoms with Crippen LogP contribution in [0.3, 0.4) is 0 Å². The molecule has 0 saturated heterocycles. The van der Waals surface area contributed by atoms with Crippen LogP contribution in [0.4, 0.5) is 10.1 Å². The summed E-state index contributed by atoms with van der Waals surface area (Å²) in [5.74, 6) is -3.66. The average molecular weight is 322 g/mol. The van der Waals surface area contributed by atoms with Gasteiger partial charge in [-0.2, -0.15) is 0 Å². The zero-order valence-corrected chi connectivity index (χ0v) is 12.9. The van der Waals surface area contributed by atoms with Crippen molar-refractivity contribution >= 4 is 23.5 Å². The lowest BCUT2D eigenvalue weighted by atomic mass is 9.89. The van der Waals surface area contributed by atoms with E-state index in [1.54, 1.807) is 6.92 Å². The van der Waals surface area contributed by atoms with E-state index in [-0.39, 0.29) is 18.0 Å². The van der Waals surface area contributed by atoms with Crippen molar-refractivity contribution in [3.63, 3.8) is 0 Å². The van der Waals surface area contributed by atoms with Crippen LogP contribution in [0.15, 0.2) is 18.2 Å². The Bertz CT molecular complexity index is 647. The van der Waals surface area contributed by atoms with Crippen molar-refractivity contribution < 1.29 is 23.9 Å². The molecule has 0 saturated carbocycles. The predicted octanol–water partition coefficient (Wildman–Crippen LogP) is 1.87. The first-order valence-corrected chi connectivity index (χ1v) is 7.46. The second kappa shape index (κ2) is 6.76. The van der Waals surface area contributed by atoms with E-state index in [9.17, 15) is 23.9 Å². The molecule has 3 N–H and O–H groups in total. The number of benzene rings is 1. The minimum atomic E-state index is -1.12. The first-order valence-electron chi connectivity index (χ1n) is 7.46. The number of carbonyl (C=O) groups is 3. The second-order valence-corrected chi connectivity index (χ2v) is 5.75. The molecule has 0 bridgehead atoms. The first kappa shape index (κ1) is 16.9. The lowest BCUT2D eigenvalue weighted by molar-refractivity contribution is -0.143. The van der Waals surface area contributed by atoms with Crippen molar-refractivity contribution in [2.45, 2.75) is 38.6 Å². The van der Waals surface area contributed by atoms with E-state index in [0.29, 0.717) is 12.0 Å². The molecule has 0 radical (unpaired) electrons. The van der Waals surface area contributed by atoms with Gasteiger partial charge in [-0.3, -0.25) is 9.59 Å². The summed E-state index contributed by atoms with van der Waals surface area (Å²) in [6.07, 6.45) is 0.488. The van der Waals surface area contributed by atoms with Gasteiger partial charge >= 0.3 is 5.97 Å². The van der Waals surface area contributed by atoms with Crippen LogP contribution in [0.2, 0.25) is 0 Å². The predicted molar refractivity (Wildman–Crippen MR) is 81.4 cm³/mol. The monoisotopic (exact) mass is 322 g/mol. The zero-order valence-electron chi connectivity index (χ0n) is 12.9. The molecule has 1 aliphatic heterocycles. The van der Waals surface area contributed by atoms with Crippen molar-refractivity contribution in [2.75, 3.05) is 5.32 Å². The third-order valence-electron chi connectivity index (χ3n) is 4.15. The third-order valence-corrected chi connectivity index (χ3v) is 4.15. The van der Waals surface area contributed by atoms with E-state index in [4.69, 9.17) is 0 Å². The highest BCUT2D eigenvalue weighted by Crippen LogP contribution is 2.33. The maximum atomic E-state index is 13.3. The number of aliphatic carboxylic acids is 1. The fraction of sp³-hybridized carbons (Fsp3) is 0.438. The molecule has 6 nitrogen and oxygen atoms in total. The molecule has 2 amide bonds. The first-order chi connectivity index (χ1) is 10.8. The smallest absolute Gasteiger partial charge is 0.326 e. The molecule has 0 fully saturated rings. The Hall–Kier alpha value is -2.44. The summed E-state index contributed by atoms with van der Waals surface area (Å²) in [6, 6.07) is 2.77. The number of fused-ring (bicyclic) bond motifs is 1. The number of amides is 2. The number of halogens is 1. The van der Waals surface area contributed by atoms with E-state index in [0.717, 1.165) is 6.07 Å². The molecule has 1 unspecified atom stereocenters. The number of anilines is 1. The molecule has 0 aliphatic carbocycles. The summed E-state index contributed by atoms with van der Waals surface area (Å²) in [5.41, 5.74) is 0.730. The summed E-state index contributed by atoms with van der Waals surface area (Å²) in [4.78, 5) is 35.5. The Morgan fingerprint density at radius 2 is 2.17 bits per heavy atom. The van der Waals surface area contributed by atoms with Crippen LogP contribution in [0, 0.1) is 11.7 Å². The van der Waals surface area contributed by atoms with Gasteiger partial charge in [-0.1, -0.05) is 26.3 Å². The summed E-state index contributed by atoms with van der Waals surface area (Å²) in [5, 5.41) is 14.3. The van der Waals surface area contributed by atoms with Crippen LogP contribution in [0.5, 0.6) is 0 Å². The number of nitrogens with one attached hydrogen (secondary N) is 2. The standard InChI is InChI=1S/C16H19FN2O4/c1-3-8(2)14(16(22)23)19-15(21)11-7-13(20)18-12-6-9(17)4-5-10(11)12/h4-6,8,11,14H,3,7H2,1-2H3,(H,18,20)(H,19,21)(H,22,23)/t8-,11?,14-/m0/s1. The molecular formula is C16H19FN2O4. The van der Waals surface area contributed by atoms with Gasteiger partial charge in [0, 0.05) is 12.1 Å². The fourth-order valence-electron chi connectivity index (χ4n) is 2.61. The van der Waals surface area contributed by atoms with Gasteiger partial charge < -0.3 is 15.7 Å². The van der Waals surface area contributed by atoms with Crippen LogP contribution >= 0.6 is 0 Å². The van der Waals surface area contributed by atoms with E-state index < -0.39 is 35.6 Å². The van der Waals surface area contributed by atoms with Crippen LogP contribution in [-0.2, 0) is 14.4 Å². The number of carboxylic acids is 1. The van der Waals surface area contributed by atoms with Crippen molar-refractivity contribution in [3.8, 4) is 0 Å². The minimum absolute atomic E-state index is 0.0999. The molecule has 23 heavy (non-hydrogen) atoms.